The van der Waals surface area contributed by atoms with Crippen LogP contribution in [0.1, 0.15) is 53.9 Å². The third-order valence-electron chi connectivity index (χ3n) is 5.97. The van der Waals surface area contributed by atoms with Crippen molar-refractivity contribution in [3.8, 4) is 0 Å². The Kier molecular flexibility index (Phi) is 2.44. The fraction of sp³-hybridized carbons (Fsp3) is 1.00. The van der Waals surface area contributed by atoms with Crippen molar-refractivity contribution in [1.82, 2.24) is 0 Å². The second kappa shape index (κ2) is 3.25. The Hall–Kier alpha value is 0. The molecule has 0 nitrogen and oxygen atoms in total. The Bertz CT molecular complexity index is 220. The van der Waals surface area contributed by atoms with Crippen LogP contribution in [0, 0.1) is 35.0 Å². The second-order valence-electron chi connectivity index (χ2n) is 6.41. The molecule has 6 atom stereocenters. The summed E-state index contributed by atoms with van der Waals surface area (Å²) in [4.78, 5) is 0. The topological polar surface area (TPSA) is 0 Å². The summed E-state index contributed by atoms with van der Waals surface area (Å²) in [6.07, 6.45) is 4.43. The summed E-state index contributed by atoms with van der Waals surface area (Å²) < 4.78 is 0. The Morgan fingerprint density at radius 1 is 1.00 bits per heavy atom. The predicted molar refractivity (Wildman–Crippen MR) is 62.1 cm³/mol. The van der Waals surface area contributed by atoms with E-state index in [4.69, 9.17) is 0 Å². The SMILES string of the molecule is CC1CCCC2(C)C(C)C(C)C(C)C12. The Labute approximate surface area is 89.5 Å². The molecule has 0 aliphatic heterocycles. The Morgan fingerprint density at radius 2 is 1.64 bits per heavy atom. The average Bonchev–Trinajstić information content (AvgIpc) is 2.29. The number of hydrogen-bond donors (Lipinski definition) is 0. The first-order valence-corrected chi connectivity index (χ1v) is 6.48. The van der Waals surface area contributed by atoms with Crippen LogP contribution in [0.4, 0.5) is 0 Å². The summed E-state index contributed by atoms with van der Waals surface area (Å²) in [6, 6.07) is 0. The monoisotopic (exact) mass is 194 g/mol. The van der Waals surface area contributed by atoms with E-state index in [0.29, 0.717) is 5.41 Å². The minimum absolute atomic E-state index is 0.663. The summed E-state index contributed by atoms with van der Waals surface area (Å²) in [5, 5.41) is 0. The van der Waals surface area contributed by atoms with Gasteiger partial charge in [0.15, 0.2) is 0 Å². The van der Waals surface area contributed by atoms with Crippen LogP contribution in [-0.2, 0) is 0 Å². The largest absolute Gasteiger partial charge is 0.0622 e. The molecule has 2 rings (SSSR count). The zero-order valence-electron chi connectivity index (χ0n) is 10.5. The van der Waals surface area contributed by atoms with E-state index in [1.165, 1.54) is 19.3 Å². The van der Waals surface area contributed by atoms with Crippen molar-refractivity contribution in [3.63, 3.8) is 0 Å². The zero-order valence-corrected chi connectivity index (χ0v) is 10.5. The molecular formula is C14H26. The van der Waals surface area contributed by atoms with Crippen molar-refractivity contribution in [1.29, 1.82) is 0 Å². The molecule has 0 heteroatoms. The molecule has 0 heterocycles. The smallest absolute Gasteiger partial charge is 0.0264 e. The summed E-state index contributed by atoms with van der Waals surface area (Å²) in [6.45, 7) is 12.5. The minimum Gasteiger partial charge on any atom is -0.0622 e. The fourth-order valence-corrected chi connectivity index (χ4v) is 4.83. The average molecular weight is 194 g/mol. The molecule has 82 valence electrons. The molecule has 0 radical (unpaired) electrons. The van der Waals surface area contributed by atoms with Crippen molar-refractivity contribution in [2.45, 2.75) is 53.9 Å². The molecule has 0 aromatic heterocycles. The third-order valence-corrected chi connectivity index (χ3v) is 5.97. The molecule has 0 bridgehead atoms. The van der Waals surface area contributed by atoms with E-state index >= 15 is 0 Å². The van der Waals surface area contributed by atoms with Gasteiger partial charge in [0.1, 0.15) is 0 Å². The summed E-state index contributed by atoms with van der Waals surface area (Å²) in [7, 11) is 0. The summed E-state index contributed by atoms with van der Waals surface area (Å²) >= 11 is 0. The fourth-order valence-electron chi connectivity index (χ4n) is 4.83. The lowest BCUT2D eigenvalue weighted by Crippen LogP contribution is -2.36. The van der Waals surface area contributed by atoms with E-state index < -0.39 is 0 Å². The van der Waals surface area contributed by atoms with Crippen molar-refractivity contribution < 1.29 is 0 Å². The molecule has 0 N–H and O–H groups in total. The van der Waals surface area contributed by atoms with E-state index in [1.807, 2.05) is 0 Å². The quantitative estimate of drug-likeness (QED) is 0.538. The molecule has 2 fully saturated rings. The third kappa shape index (κ3) is 1.19. The van der Waals surface area contributed by atoms with Crippen molar-refractivity contribution in [3.05, 3.63) is 0 Å². The van der Waals surface area contributed by atoms with E-state index in [1.54, 1.807) is 0 Å². The first kappa shape index (κ1) is 10.5. The van der Waals surface area contributed by atoms with Gasteiger partial charge in [-0.25, -0.2) is 0 Å². The highest BCUT2D eigenvalue weighted by Gasteiger charge is 2.54. The Morgan fingerprint density at radius 3 is 2.21 bits per heavy atom. The van der Waals surface area contributed by atoms with Crippen LogP contribution in [0.15, 0.2) is 0 Å². The standard InChI is InChI=1S/C14H26/c1-9-7-6-8-14(5)12(4)10(2)11(3)13(9)14/h9-13H,6-8H2,1-5H3. The number of fused-ring (bicyclic) bond motifs is 1. The molecule has 0 saturated heterocycles. The van der Waals surface area contributed by atoms with Crippen LogP contribution in [0.5, 0.6) is 0 Å². The van der Waals surface area contributed by atoms with E-state index in [-0.39, 0.29) is 0 Å². The van der Waals surface area contributed by atoms with Crippen LogP contribution >= 0.6 is 0 Å². The van der Waals surface area contributed by atoms with Gasteiger partial charge >= 0.3 is 0 Å². The van der Waals surface area contributed by atoms with Gasteiger partial charge in [-0.15, -0.1) is 0 Å². The summed E-state index contributed by atoms with van der Waals surface area (Å²) in [5.41, 5.74) is 0.663. The van der Waals surface area contributed by atoms with E-state index in [0.717, 1.165) is 29.6 Å². The van der Waals surface area contributed by atoms with Crippen LogP contribution in [0.25, 0.3) is 0 Å². The molecule has 0 aromatic rings. The lowest BCUT2D eigenvalue weighted by atomic mass is 9.61. The van der Waals surface area contributed by atoms with E-state index in [9.17, 15) is 0 Å². The normalized spacial score (nSPS) is 58.5. The maximum atomic E-state index is 2.57. The molecule has 2 aliphatic carbocycles. The Balaban J connectivity index is 2.32. The van der Waals surface area contributed by atoms with Crippen LogP contribution in [0.3, 0.4) is 0 Å². The lowest BCUT2D eigenvalue weighted by Gasteiger charge is -2.44. The van der Waals surface area contributed by atoms with Crippen LogP contribution < -0.4 is 0 Å². The molecule has 0 amide bonds. The minimum atomic E-state index is 0.663. The highest BCUT2D eigenvalue weighted by atomic mass is 14.6. The van der Waals surface area contributed by atoms with Crippen molar-refractivity contribution in [2.75, 3.05) is 0 Å². The molecular weight excluding hydrogens is 168 g/mol. The summed E-state index contributed by atoms with van der Waals surface area (Å²) in [5.74, 6) is 4.79. The van der Waals surface area contributed by atoms with Gasteiger partial charge in [0, 0.05) is 0 Å². The van der Waals surface area contributed by atoms with Gasteiger partial charge in [-0.1, -0.05) is 47.5 Å². The van der Waals surface area contributed by atoms with Crippen molar-refractivity contribution >= 4 is 0 Å². The highest BCUT2D eigenvalue weighted by molar-refractivity contribution is 5.03. The first-order chi connectivity index (χ1) is 6.48. The molecule has 2 saturated carbocycles. The van der Waals surface area contributed by atoms with Gasteiger partial charge in [0.05, 0.1) is 0 Å². The zero-order chi connectivity index (χ0) is 10.5. The molecule has 6 unspecified atom stereocenters. The maximum Gasteiger partial charge on any atom is -0.0264 e. The molecule has 0 spiro atoms. The van der Waals surface area contributed by atoms with Gasteiger partial charge in [-0.05, 0) is 41.4 Å². The molecule has 14 heavy (non-hydrogen) atoms. The number of rotatable bonds is 0. The van der Waals surface area contributed by atoms with Gasteiger partial charge in [-0.2, -0.15) is 0 Å². The predicted octanol–water partition coefficient (Wildman–Crippen LogP) is 4.35. The van der Waals surface area contributed by atoms with Gasteiger partial charge in [-0.3, -0.25) is 0 Å². The van der Waals surface area contributed by atoms with Crippen LogP contribution in [-0.4, -0.2) is 0 Å². The molecule has 2 aliphatic rings. The maximum absolute atomic E-state index is 2.57. The number of hydrogen-bond acceptors (Lipinski definition) is 0. The lowest BCUT2D eigenvalue weighted by molar-refractivity contribution is 0.0494. The van der Waals surface area contributed by atoms with Crippen molar-refractivity contribution in [2.24, 2.45) is 35.0 Å². The first-order valence-electron chi connectivity index (χ1n) is 6.48. The van der Waals surface area contributed by atoms with Gasteiger partial charge < -0.3 is 0 Å². The van der Waals surface area contributed by atoms with Crippen LogP contribution in [0.2, 0.25) is 0 Å². The van der Waals surface area contributed by atoms with E-state index in [2.05, 4.69) is 34.6 Å². The molecule has 0 aromatic carbocycles. The second-order valence-corrected chi connectivity index (χ2v) is 6.41. The highest BCUT2D eigenvalue weighted by Crippen LogP contribution is 2.61. The van der Waals surface area contributed by atoms with Gasteiger partial charge in [0.25, 0.3) is 0 Å². The van der Waals surface area contributed by atoms with Gasteiger partial charge in [0.2, 0.25) is 0 Å².